The molecule has 0 saturated carbocycles. The number of allylic oxidation sites excluding steroid dienone is 1. The van der Waals surface area contributed by atoms with Crippen molar-refractivity contribution >= 4 is 51.7 Å². The lowest BCUT2D eigenvalue weighted by molar-refractivity contribution is 0.0956. The van der Waals surface area contributed by atoms with Crippen molar-refractivity contribution in [2.75, 3.05) is 12.3 Å². The van der Waals surface area contributed by atoms with Crippen LogP contribution in [0, 0.1) is 0 Å². The Labute approximate surface area is 202 Å². The van der Waals surface area contributed by atoms with Gasteiger partial charge in [0.1, 0.15) is 16.9 Å². The van der Waals surface area contributed by atoms with Crippen molar-refractivity contribution in [3.05, 3.63) is 76.3 Å². The zero-order valence-corrected chi connectivity index (χ0v) is 19.4. The first-order valence-electron chi connectivity index (χ1n) is 11.4. The van der Waals surface area contributed by atoms with Crippen LogP contribution in [0.1, 0.15) is 48.0 Å². The molecule has 3 N–H and O–H groups in total. The second-order valence-corrected chi connectivity index (χ2v) is 8.81. The highest BCUT2D eigenvalue weighted by molar-refractivity contribution is 6.30. The number of hydrogen-bond donors (Lipinski definition) is 2. The Morgan fingerprint density at radius 2 is 1.97 bits per heavy atom. The number of carbonyl (C=O) groups excluding carboxylic acids is 1. The maximum absolute atomic E-state index is 13.2. The summed E-state index contributed by atoms with van der Waals surface area (Å²) in [4.78, 5) is 22.7. The van der Waals surface area contributed by atoms with Gasteiger partial charge in [-0.1, -0.05) is 47.5 Å². The molecule has 0 radical (unpaired) electrons. The summed E-state index contributed by atoms with van der Waals surface area (Å²) in [6.07, 6.45) is 9.45. The van der Waals surface area contributed by atoms with Crippen molar-refractivity contribution in [2.24, 2.45) is 5.10 Å². The van der Waals surface area contributed by atoms with Crippen LogP contribution in [0.5, 0.6) is 0 Å². The number of hydrogen-bond acceptors (Lipinski definition) is 5. The largest absolute Gasteiger partial charge is 0.383 e. The lowest BCUT2D eigenvalue weighted by atomic mass is 9.97. The van der Waals surface area contributed by atoms with Gasteiger partial charge in [-0.25, -0.2) is 9.97 Å². The van der Waals surface area contributed by atoms with E-state index in [2.05, 4.69) is 16.5 Å². The van der Waals surface area contributed by atoms with Crippen LogP contribution in [-0.2, 0) is 0 Å². The van der Waals surface area contributed by atoms with Crippen LogP contribution in [-0.4, -0.2) is 33.3 Å². The van der Waals surface area contributed by atoms with Gasteiger partial charge in [0.25, 0.3) is 5.91 Å². The smallest absolute Gasteiger partial charge is 0.257 e. The first-order valence-corrected chi connectivity index (χ1v) is 11.8. The summed E-state index contributed by atoms with van der Waals surface area (Å²) in [5, 5.41) is 8.14. The molecule has 34 heavy (non-hydrogen) atoms. The highest BCUT2D eigenvalue weighted by atomic mass is 35.5. The molecule has 2 aromatic carbocycles. The Kier molecular flexibility index (Phi) is 6.27. The second kappa shape index (κ2) is 9.65. The molecule has 2 aromatic heterocycles. The molecule has 1 aliphatic carbocycles. The Balaban J connectivity index is 1.52. The van der Waals surface area contributed by atoms with Crippen LogP contribution in [0.3, 0.4) is 0 Å². The molecule has 8 heteroatoms. The molecule has 0 fully saturated rings. The third kappa shape index (κ3) is 4.52. The van der Waals surface area contributed by atoms with Crippen LogP contribution < -0.4 is 11.1 Å². The summed E-state index contributed by atoms with van der Waals surface area (Å²) in [6, 6.07) is 14.8. The van der Waals surface area contributed by atoms with Gasteiger partial charge in [0, 0.05) is 11.6 Å². The minimum Gasteiger partial charge on any atom is -0.383 e. The molecule has 0 aliphatic heterocycles. The number of rotatable bonds is 6. The van der Waals surface area contributed by atoms with Gasteiger partial charge in [0.05, 0.1) is 17.2 Å². The Morgan fingerprint density at radius 3 is 2.74 bits per heavy atom. The number of nitrogens with zero attached hydrogens (tertiary/aromatic N) is 4. The fraction of sp³-hybridized carbons (Fsp3) is 0.231. The van der Waals surface area contributed by atoms with Gasteiger partial charge in [-0.05, 0) is 61.9 Å². The number of halogens is 1. The van der Waals surface area contributed by atoms with Gasteiger partial charge >= 0.3 is 0 Å². The van der Waals surface area contributed by atoms with Crippen molar-refractivity contribution in [3.63, 3.8) is 0 Å². The SMILES string of the molecule is Nc1c(C(=O)NCCC2=CCCCC2)c2nc3ccccc3nc2n1/N=C/c1cccc(Cl)c1. The maximum atomic E-state index is 13.2. The van der Waals surface area contributed by atoms with Crippen molar-refractivity contribution in [2.45, 2.75) is 32.1 Å². The van der Waals surface area contributed by atoms with Crippen LogP contribution in [0.15, 0.2) is 65.3 Å². The quantitative estimate of drug-likeness (QED) is 0.293. The van der Waals surface area contributed by atoms with E-state index in [4.69, 9.17) is 27.3 Å². The highest BCUT2D eigenvalue weighted by Gasteiger charge is 2.24. The molecule has 0 saturated heterocycles. The van der Waals surface area contributed by atoms with E-state index in [1.807, 2.05) is 36.4 Å². The zero-order chi connectivity index (χ0) is 23.5. The number of carbonyl (C=O) groups is 1. The zero-order valence-electron chi connectivity index (χ0n) is 18.7. The van der Waals surface area contributed by atoms with Crippen molar-refractivity contribution in [3.8, 4) is 0 Å². The van der Waals surface area contributed by atoms with Gasteiger partial charge in [0.15, 0.2) is 5.65 Å². The van der Waals surface area contributed by atoms with E-state index in [-0.39, 0.29) is 17.3 Å². The van der Waals surface area contributed by atoms with E-state index in [0.29, 0.717) is 33.8 Å². The summed E-state index contributed by atoms with van der Waals surface area (Å²) in [6.45, 7) is 0.545. The number of nitrogens with one attached hydrogen (secondary N) is 1. The fourth-order valence-corrected chi connectivity index (χ4v) is 4.45. The minimum absolute atomic E-state index is 0.193. The molecule has 1 amide bonds. The van der Waals surface area contributed by atoms with Crippen LogP contribution in [0.2, 0.25) is 5.02 Å². The second-order valence-electron chi connectivity index (χ2n) is 8.37. The van der Waals surface area contributed by atoms with E-state index in [0.717, 1.165) is 24.8 Å². The lowest BCUT2D eigenvalue weighted by Gasteiger charge is -2.12. The number of benzene rings is 2. The number of amides is 1. The van der Waals surface area contributed by atoms with Crippen molar-refractivity contribution in [1.82, 2.24) is 20.0 Å². The predicted molar refractivity (Wildman–Crippen MR) is 137 cm³/mol. The number of nitrogens with two attached hydrogens (primary N) is 1. The summed E-state index contributed by atoms with van der Waals surface area (Å²) in [5.74, 6) is -0.0850. The predicted octanol–water partition coefficient (Wildman–Crippen LogP) is 5.32. The van der Waals surface area contributed by atoms with Gasteiger partial charge in [-0.2, -0.15) is 9.78 Å². The summed E-state index contributed by atoms with van der Waals surface area (Å²) < 4.78 is 1.47. The van der Waals surface area contributed by atoms with E-state index in [1.165, 1.54) is 23.1 Å². The number of nitrogen functional groups attached to an aromatic ring is 1. The molecular formula is C26H25ClN6O. The molecule has 4 aromatic rings. The topological polar surface area (TPSA) is 98.2 Å². The Bertz CT molecular complexity index is 1440. The first-order chi connectivity index (χ1) is 16.6. The van der Waals surface area contributed by atoms with E-state index in [9.17, 15) is 4.79 Å². The van der Waals surface area contributed by atoms with Crippen LogP contribution >= 0.6 is 11.6 Å². The molecular weight excluding hydrogens is 448 g/mol. The summed E-state index contributed by atoms with van der Waals surface area (Å²) in [7, 11) is 0. The molecule has 0 spiro atoms. The monoisotopic (exact) mass is 472 g/mol. The lowest BCUT2D eigenvalue weighted by Crippen LogP contribution is -2.25. The standard InChI is InChI=1S/C26H25ClN6O/c27-19-10-6-9-18(15-19)16-30-33-24(28)22(26(34)29-14-13-17-7-2-1-3-8-17)23-25(33)32-21-12-5-4-11-20(21)31-23/h4-7,9-12,15-16H,1-3,8,13-14,28H2,(H,29,34)/b30-16+. The number of anilines is 1. The van der Waals surface area contributed by atoms with Crippen LogP contribution in [0.4, 0.5) is 5.82 Å². The molecule has 7 nitrogen and oxygen atoms in total. The minimum atomic E-state index is -0.278. The van der Waals surface area contributed by atoms with Crippen molar-refractivity contribution in [1.29, 1.82) is 0 Å². The Hall–Kier alpha value is -3.71. The third-order valence-corrected chi connectivity index (χ3v) is 6.22. The molecule has 2 heterocycles. The van der Waals surface area contributed by atoms with Crippen LogP contribution in [0.25, 0.3) is 22.2 Å². The average Bonchev–Trinajstić information content (AvgIpc) is 3.12. The number of aromatic nitrogens is 3. The van der Waals surface area contributed by atoms with E-state index in [1.54, 1.807) is 18.3 Å². The van der Waals surface area contributed by atoms with Gasteiger partial charge in [-0.15, -0.1) is 0 Å². The molecule has 1 aliphatic rings. The first kappa shape index (κ1) is 22.1. The number of para-hydroxylation sites is 2. The normalized spacial score (nSPS) is 14.1. The highest BCUT2D eigenvalue weighted by Crippen LogP contribution is 2.28. The molecule has 5 rings (SSSR count). The molecule has 0 bridgehead atoms. The molecule has 0 atom stereocenters. The molecule has 172 valence electrons. The van der Waals surface area contributed by atoms with Gasteiger partial charge in [0.2, 0.25) is 0 Å². The van der Waals surface area contributed by atoms with E-state index < -0.39 is 0 Å². The average molecular weight is 473 g/mol. The maximum Gasteiger partial charge on any atom is 0.257 e. The fourth-order valence-electron chi connectivity index (χ4n) is 4.26. The van der Waals surface area contributed by atoms with Gasteiger partial charge < -0.3 is 11.1 Å². The summed E-state index contributed by atoms with van der Waals surface area (Å²) in [5.41, 5.74) is 11.2. The third-order valence-electron chi connectivity index (χ3n) is 5.99. The van der Waals surface area contributed by atoms with Gasteiger partial charge in [-0.3, -0.25) is 4.79 Å². The molecule has 0 unspecified atom stereocenters. The van der Waals surface area contributed by atoms with Crippen molar-refractivity contribution < 1.29 is 4.79 Å². The Morgan fingerprint density at radius 1 is 1.15 bits per heavy atom. The van der Waals surface area contributed by atoms with E-state index >= 15 is 0 Å². The number of fused-ring (bicyclic) bond motifs is 2. The summed E-state index contributed by atoms with van der Waals surface area (Å²) >= 11 is 6.10.